The topological polar surface area (TPSA) is 46.5 Å². The Morgan fingerprint density at radius 3 is 2.73 bits per heavy atom. The molecule has 0 unspecified atom stereocenters. The van der Waals surface area contributed by atoms with Crippen LogP contribution in [0.25, 0.3) is 0 Å². The summed E-state index contributed by atoms with van der Waals surface area (Å²) < 4.78 is 5.49. The molecule has 0 aromatic rings. The van der Waals surface area contributed by atoms with Crippen molar-refractivity contribution < 1.29 is 14.6 Å². The van der Waals surface area contributed by atoms with Gasteiger partial charge >= 0.3 is 5.97 Å². The van der Waals surface area contributed by atoms with Crippen molar-refractivity contribution in [2.45, 2.75) is 37.9 Å². The highest BCUT2D eigenvalue weighted by molar-refractivity contribution is 5.70. The van der Waals surface area contributed by atoms with Gasteiger partial charge in [0.25, 0.3) is 0 Å². The van der Waals surface area contributed by atoms with Gasteiger partial charge in [-0.1, -0.05) is 0 Å². The smallest absolute Gasteiger partial charge is 0.309 e. The first-order chi connectivity index (χ1) is 5.27. The van der Waals surface area contributed by atoms with Crippen LogP contribution >= 0.6 is 0 Å². The van der Waals surface area contributed by atoms with Crippen LogP contribution in [0.5, 0.6) is 0 Å². The lowest BCUT2D eigenvalue weighted by Gasteiger charge is -2.25. The van der Waals surface area contributed by atoms with E-state index in [1.807, 2.05) is 0 Å². The SMILES string of the molecule is O=C(O)[C@@H]1CC[C@H]2CC[C@H]1O2. The average Bonchev–Trinajstić information content (AvgIpc) is 2.32. The van der Waals surface area contributed by atoms with E-state index in [-0.39, 0.29) is 12.0 Å². The van der Waals surface area contributed by atoms with Gasteiger partial charge in [0.15, 0.2) is 0 Å². The van der Waals surface area contributed by atoms with Gasteiger partial charge in [0, 0.05) is 0 Å². The second-order valence-corrected chi connectivity index (χ2v) is 3.40. The summed E-state index contributed by atoms with van der Waals surface area (Å²) in [5.41, 5.74) is 0. The van der Waals surface area contributed by atoms with Crippen LogP contribution in [0.15, 0.2) is 0 Å². The molecule has 2 bridgehead atoms. The molecule has 1 N–H and O–H groups in total. The standard InChI is InChI=1S/C8H12O3/c9-8(10)6-3-1-5-2-4-7(6)11-5/h5-7H,1-4H2,(H,9,10)/t5-,6+,7+/m0/s1. The van der Waals surface area contributed by atoms with Crippen LogP contribution < -0.4 is 0 Å². The van der Waals surface area contributed by atoms with Gasteiger partial charge in [-0.2, -0.15) is 0 Å². The third kappa shape index (κ3) is 1.13. The number of hydrogen-bond acceptors (Lipinski definition) is 2. The van der Waals surface area contributed by atoms with Gasteiger partial charge in [0.2, 0.25) is 0 Å². The normalized spacial score (nSPS) is 42.4. The Hall–Kier alpha value is -0.570. The quantitative estimate of drug-likeness (QED) is 0.616. The molecule has 3 heteroatoms. The maximum atomic E-state index is 10.7. The fraction of sp³-hybridized carbons (Fsp3) is 0.875. The van der Waals surface area contributed by atoms with Gasteiger partial charge in [0.05, 0.1) is 18.1 Å². The highest BCUT2D eigenvalue weighted by Gasteiger charge is 2.40. The number of carbonyl (C=O) groups is 1. The van der Waals surface area contributed by atoms with Crippen molar-refractivity contribution in [2.75, 3.05) is 0 Å². The van der Waals surface area contributed by atoms with E-state index in [1.54, 1.807) is 0 Å². The monoisotopic (exact) mass is 156 g/mol. The molecule has 3 nitrogen and oxygen atoms in total. The summed E-state index contributed by atoms with van der Waals surface area (Å²) in [6.45, 7) is 0. The first kappa shape index (κ1) is 7.10. The molecule has 0 saturated carbocycles. The Kier molecular flexibility index (Phi) is 1.60. The van der Waals surface area contributed by atoms with Crippen molar-refractivity contribution in [1.29, 1.82) is 0 Å². The number of ether oxygens (including phenoxy) is 1. The van der Waals surface area contributed by atoms with E-state index in [0.29, 0.717) is 6.10 Å². The molecule has 0 aromatic carbocycles. The minimum atomic E-state index is -0.685. The van der Waals surface area contributed by atoms with Crippen LogP contribution in [0.4, 0.5) is 0 Å². The van der Waals surface area contributed by atoms with Crippen molar-refractivity contribution in [2.24, 2.45) is 5.92 Å². The molecule has 2 heterocycles. The van der Waals surface area contributed by atoms with Crippen LogP contribution in [0.3, 0.4) is 0 Å². The fourth-order valence-electron chi connectivity index (χ4n) is 2.08. The second-order valence-electron chi connectivity index (χ2n) is 3.40. The summed E-state index contributed by atoms with van der Waals surface area (Å²) in [6, 6.07) is 0. The molecule has 0 spiro atoms. The molecule has 62 valence electrons. The van der Waals surface area contributed by atoms with Crippen LogP contribution in [-0.2, 0) is 9.53 Å². The molecule has 0 aromatic heterocycles. The lowest BCUT2D eigenvalue weighted by Crippen LogP contribution is -2.32. The van der Waals surface area contributed by atoms with E-state index in [2.05, 4.69) is 0 Å². The number of fused-ring (bicyclic) bond motifs is 2. The predicted molar refractivity (Wildman–Crippen MR) is 38.3 cm³/mol. The molecule has 0 amide bonds. The number of hydrogen-bond donors (Lipinski definition) is 1. The number of carboxylic acid groups (broad SMARTS) is 1. The molecule has 0 aliphatic carbocycles. The van der Waals surface area contributed by atoms with E-state index >= 15 is 0 Å². The van der Waals surface area contributed by atoms with Gasteiger partial charge in [-0.3, -0.25) is 4.79 Å². The predicted octanol–water partition coefficient (Wildman–Crippen LogP) is 1.03. The van der Waals surface area contributed by atoms with E-state index in [9.17, 15) is 4.79 Å². The van der Waals surface area contributed by atoms with E-state index in [0.717, 1.165) is 25.7 Å². The number of rotatable bonds is 1. The molecule has 0 radical (unpaired) electrons. The largest absolute Gasteiger partial charge is 0.481 e. The van der Waals surface area contributed by atoms with Crippen molar-refractivity contribution in [3.63, 3.8) is 0 Å². The van der Waals surface area contributed by atoms with Crippen LogP contribution in [0.2, 0.25) is 0 Å². The molecule has 2 rings (SSSR count). The van der Waals surface area contributed by atoms with E-state index in [1.165, 1.54) is 0 Å². The average molecular weight is 156 g/mol. The zero-order chi connectivity index (χ0) is 7.84. The molecular formula is C8H12O3. The molecule has 3 atom stereocenters. The number of carboxylic acids is 1. The molecule has 2 saturated heterocycles. The highest BCUT2D eigenvalue weighted by atomic mass is 16.5. The van der Waals surface area contributed by atoms with E-state index < -0.39 is 5.97 Å². The maximum Gasteiger partial charge on any atom is 0.309 e. The lowest BCUT2D eigenvalue weighted by atomic mass is 9.96. The Bertz CT molecular complexity index is 178. The van der Waals surface area contributed by atoms with Gasteiger partial charge in [-0.05, 0) is 25.7 Å². The zero-order valence-electron chi connectivity index (χ0n) is 6.32. The Balaban J connectivity index is 2.07. The third-order valence-electron chi connectivity index (χ3n) is 2.71. The molecule has 11 heavy (non-hydrogen) atoms. The number of aliphatic carboxylic acids is 1. The maximum absolute atomic E-state index is 10.7. The fourth-order valence-corrected chi connectivity index (χ4v) is 2.08. The molecule has 2 fully saturated rings. The summed E-state index contributed by atoms with van der Waals surface area (Å²) in [5.74, 6) is -0.913. The zero-order valence-corrected chi connectivity index (χ0v) is 6.32. The minimum Gasteiger partial charge on any atom is -0.481 e. The van der Waals surface area contributed by atoms with Crippen molar-refractivity contribution >= 4 is 5.97 Å². The summed E-state index contributed by atoms with van der Waals surface area (Å²) >= 11 is 0. The minimum absolute atomic E-state index is 0.0197. The molecule has 2 aliphatic heterocycles. The Morgan fingerprint density at radius 1 is 1.27 bits per heavy atom. The first-order valence-corrected chi connectivity index (χ1v) is 4.15. The molecule has 2 aliphatic rings. The van der Waals surface area contributed by atoms with Crippen LogP contribution in [-0.4, -0.2) is 23.3 Å². The van der Waals surface area contributed by atoms with Gasteiger partial charge < -0.3 is 9.84 Å². The summed E-state index contributed by atoms with van der Waals surface area (Å²) in [7, 11) is 0. The van der Waals surface area contributed by atoms with Crippen molar-refractivity contribution in [3.8, 4) is 0 Å². The van der Waals surface area contributed by atoms with Gasteiger partial charge in [-0.25, -0.2) is 0 Å². The van der Waals surface area contributed by atoms with Crippen LogP contribution in [0, 0.1) is 5.92 Å². The van der Waals surface area contributed by atoms with Gasteiger partial charge in [-0.15, -0.1) is 0 Å². The Morgan fingerprint density at radius 2 is 2.00 bits per heavy atom. The van der Waals surface area contributed by atoms with Crippen LogP contribution in [0.1, 0.15) is 25.7 Å². The van der Waals surface area contributed by atoms with E-state index in [4.69, 9.17) is 9.84 Å². The third-order valence-corrected chi connectivity index (χ3v) is 2.71. The lowest BCUT2D eigenvalue weighted by molar-refractivity contribution is -0.151. The second kappa shape index (κ2) is 2.48. The summed E-state index contributed by atoms with van der Waals surface area (Å²) in [6.07, 6.45) is 4.15. The highest BCUT2D eigenvalue weighted by Crippen LogP contribution is 2.36. The summed E-state index contributed by atoms with van der Waals surface area (Å²) in [4.78, 5) is 10.7. The van der Waals surface area contributed by atoms with Crippen molar-refractivity contribution in [3.05, 3.63) is 0 Å². The Labute approximate surface area is 65.4 Å². The van der Waals surface area contributed by atoms with Gasteiger partial charge in [0.1, 0.15) is 0 Å². The first-order valence-electron chi connectivity index (χ1n) is 4.15. The van der Waals surface area contributed by atoms with Crippen molar-refractivity contribution in [1.82, 2.24) is 0 Å². The summed E-state index contributed by atoms with van der Waals surface area (Å²) in [5, 5.41) is 8.78. The molecular weight excluding hydrogens is 144 g/mol.